The zero-order valence-electron chi connectivity index (χ0n) is 15.1. The van der Waals surface area contributed by atoms with Crippen molar-refractivity contribution in [2.24, 2.45) is 0 Å². The summed E-state index contributed by atoms with van der Waals surface area (Å²) >= 11 is 0. The van der Waals surface area contributed by atoms with Gasteiger partial charge in [0.25, 0.3) is 0 Å². The fraction of sp³-hybridized carbons (Fsp3) is 0.190. The molecule has 0 heterocycles. The van der Waals surface area contributed by atoms with E-state index in [-0.39, 0.29) is 10.8 Å². The second kappa shape index (κ2) is 8.33. The quantitative estimate of drug-likeness (QED) is 0.654. The van der Waals surface area contributed by atoms with Crippen LogP contribution in [0.5, 0.6) is 0 Å². The number of aryl methyl sites for hydroxylation is 1. The lowest BCUT2D eigenvalue weighted by atomic mass is 10.1. The molecule has 5 nitrogen and oxygen atoms in total. The van der Waals surface area contributed by atoms with Crippen molar-refractivity contribution in [3.8, 4) is 0 Å². The van der Waals surface area contributed by atoms with Gasteiger partial charge in [-0.1, -0.05) is 55.5 Å². The van der Waals surface area contributed by atoms with Gasteiger partial charge in [0, 0.05) is 24.0 Å². The normalized spacial score (nSPS) is 11.4. The van der Waals surface area contributed by atoms with E-state index >= 15 is 0 Å². The first-order valence-electron chi connectivity index (χ1n) is 8.86. The maximum atomic E-state index is 12.3. The van der Waals surface area contributed by atoms with E-state index in [1.807, 2.05) is 42.5 Å². The maximum absolute atomic E-state index is 12.3. The maximum Gasteiger partial charge on any atom is 0.240 e. The number of anilines is 1. The number of hydrogen-bond donors (Lipinski definition) is 2. The molecule has 0 aliphatic heterocycles. The average molecular weight is 382 g/mol. The summed E-state index contributed by atoms with van der Waals surface area (Å²) in [6.07, 6.45) is 0.862. The van der Waals surface area contributed by atoms with Gasteiger partial charge in [0.15, 0.2) is 0 Å². The minimum atomic E-state index is -3.45. The molecular weight excluding hydrogens is 360 g/mol. The Kier molecular flexibility index (Phi) is 5.88. The van der Waals surface area contributed by atoms with Gasteiger partial charge >= 0.3 is 0 Å². The number of hydrogen-bond acceptors (Lipinski definition) is 3. The molecule has 2 N–H and O–H groups in total. The lowest BCUT2D eigenvalue weighted by molar-refractivity contribution is -0.116. The molecule has 0 atom stereocenters. The van der Waals surface area contributed by atoms with Crippen LogP contribution in [0.2, 0.25) is 0 Å². The van der Waals surface area contributed by atoms with Crippen molar-refractivity contribution < 1.29 is 13.2 Å². The van der Waals surface area contributed by atoms with Gasteiger partial charge < -0.3 is 5.32 Å². The summed E-state index contributed by atoms with van der Waals surface area (Å²) in [5, 5.41) is 5.05. The topological polar surface area (TPSA) is 75.3 Å². The van der Waals surface area contributed by atoms with Crippen LogP contribution in [-0.2, 0) is 21.2 Å². The number of amides is 1. The van der Waals surface area contributed by atoms with Crippen molar-refractivity contribution in [1.29, 1.82) is 0 Å². The van der Waals surface area contributed by atoms with Crippen LogP contribution in [0, 0.1) is 0 Å². The van der Waals surface area contributed by atoms with Gasteiger partial charge in [-0.15, -0.1) is 0 Å². The molecule has 6 heteroatoms. The van der Waals surface area contributed by atoms with Crippen LogP contribution in [0.15, 0.2) is 71.6 Å². The predicted octanol–water partition coefficient (Wildman–Crippen LogP) is 3.71. The molecule has 0 bridgehead atoms. The van der Waals surface area contributed by atoms with Crippen LogP contribution in [0.4, 0.5) is 5.69 Å². The van der Waals surface area contributed by atoms with E-state index in [0.717, 1.165) is 22.0 Å². The second-order valence-electron chi connectivity index (χ2n) is 6.22. The molecular formula is C21H22N2O3S. The number of rotatable bonds is 7. The number of nitrogens with one attached hydrogen (secondary N) is 2. The second-order valence-corrected chi connectivity index (χ2v) is 7.99. The highest BCUT2D eigenvalue weighted by Gasteiger charge is 2.12. The smallest absolute Gasteiger partial charge is 0.240 e. The molecule has 0 fully saturated rings. The Balaban J connectivity index is 1.62. The number of sulfonamides is 1. The Morgan fingerprint density at radius 3 is 2.37 bits per heavy atom. The molecule has 140 valence electrons. The zero-order chi connectivity index (χ0) is 19.3. The third-order valence-corrected chi connectivity index (χ3v) is 5.83. The van der Waals surface area contributed by atoms with Crippen molar-refractivity contribution >= 4 is 32.4 Å². The van der Waals surface area contributed by atoms with Crippen LogP contribution in [0.3, 0.4) is 0 Å². The zero-order valence-corrected chi connectivity index (χ0v) is 15.9. The third kappa shape index (κ3) is 4.72. The molecule has 0 aliphatic rings. The molecule has 0 spiro atoms. The van der Waals surface area contributed by atoms with Crippen molar-refractivity contribution in [3.05, 3.63) is 72.3 Å². The molecule has 0 aliphatic carbocycles. The molecule has 3 aromatic rings. The van der Waals surface area contributed by atoms with Crippen molar-refractivity contribution in [3.63, 3.8) is 0 Å². The van der Waals surface area contributed by atoms with Crippen molar-refractivity contribution in [1.82, 2.24) is 4.72 Å². The lowest BCUT2D eigenvalue weighted by Gasteiger charge is -2.09. The fourth-order valence-corrected chi connectivity index (χ4v) is 3.95. The Bertz CT molecular complexity index is 1040. The van der Waals surface area contributed by atoms with Gasteiger partial charge in [-0.2, -0.15) is 0 Å². The SMILES string of the molecule is CCNS(=O)(=O)c1ccc(CCC(=O)Nc2cccc3ccccc23)cc1. The fourth-order valence-electron chi connectivity index (χ4n) is 2.91. The van der Waals surface area contributed by atoms with Crippen LogP contribution in [-0.4, -0.2) is 20.9 Å². The summed E-state index contributed by atoms with van der Waals surface area (Å²) in [7, 11) is -3.45. The number of benzene rings is 3. The summed E-state index contributed by atoms with van der Waals surface area (Å²) in [5.74, 6) is -0.0734. The largest absolute Gasteiger partial charge is 0.326 e. The Labute approximate surface area is 159 Å². The first-order valence-corrected chi connectivity index (χ1v) is 10.3. The Morgan fingerprint density at radius 2 is 1.63 bits per heavy atom. The molecule has 1 amide bonds. The van der Waals surface area contributed by atoms with Crippen molar-refractivity contribution in [2.75, 3.05) is 11.9 Å². The van der Waals surface area contributed by atoms with E-state index in [1.165, 1.54) is 0 Å². The van der Waals surface area contributed by atoms with Gasteiger partial charge in [0.05, 0.1) is 4.90 Å². The summed E-state index contributed by atoms with van der Waals surface area (Å²) in [4.78, 5) is 12.6. The third-order valence-electron chi connectivity index (χ3n) is 4.27. The Hall–Kier alpha value is -2.70. The van der Waals surface area contributed by atoms with Gasteiger partial charge in [0.1, 0.15) is 0 Å². The minimum Gasteiger partial charge on any atom is -0.326 e. The highest BCUT2D eigenvalue weighted by molar-refractivity contribution is 7.89. The summed E-state index contributed by atoms with van der Waals surface area (Å²) in [6.45, 7) is 2.08. The summed E-state index contributed by atoms with van der Waals surface area (Å²) in [6, 6.07) is 20.3. The standard InChI is InChI=1S/C21H22N2O3S/c1-2-22-27(25,26)18-13-10-16(11-14-18)12-15-21(24)23-20-9-5-7-17-6-3-4-8-19(17)20/h3-11,13-14,22H,2,12,15H2,1H3,(H,23,24). The average Bonchev–Trinajstić information content (AvgIpc) is 2.67. The van der Waals surface area contributed by atoms with Gasteiger partial charge in [-0.25, -0.2) is 13.1 Å². The molecule has 3 aromatic carbocycles. The monoisotopic (exact) mass is 382 g/mol. The highest BCUT2D eigenvalue weighted by Crippen LogP contribution is 2.23. The molecule has 3 rings (SSSR count). The predicted molar refractivity (Wildman–Crippen MR) is 108 cm³/mol. The Morgan fingerprint density at radius 1 is 0.926 bits per heavy atom. The molecule has 0 saturated heterocycles. The number of carbonyl (C=O) groups is 1. The lowest BCUT2D eigenvalue weighted by Crippen LogP contribution is -2.23. The molecule has 27 heavy (non-hydrogen) atoms. The molecule has 0 aromatic heterocycles. The minimum absolute atomic E-state index is 0.0734. The first-order chi connectivity index (χ1) is 13.0. The van der Waals surface area contributed by atoms with Crippen molar-refractivity contribution in [2.45, 2.75) is 24.7 Å². The number of fused-ring (bicyclic) bond motifs is 1. The van der Waals surface area contributed by atoms with Crippen LogP contribution >= 0.6 is 0 Å². The number of carbonyl (C=O) groups excluding carboxylic acids is 1. The van der Waals surface area contributed by atoms with Crippen LogP contribution < -0.4 is 10.0 Å². The van der Waals surface area contributed by atoms with Gasteiger partial charge in [-0.3, -0.25) is 4.79 Å². The molecule has 0 saturated carbocycles. The summed E-state index contributed by atoms with van der Waals surface area (Å²) in [5.41, 5.74) is 1.71. The van der Waals surface area contributed by atoms with Gasteiger partial charge in [0.2, 0.25) is 15.9 Å². The summed E-state index contributed by atoms with van der Waals surface area (Å²) < 4.78 is 26.3. The van der Waals surface area contributed by atoms with E-state index < -0.39 is 10.0 Å². The van der Waals surface area contributed by atoms with E-state index in [2.05, 4.69) is 10.0 Å². The van der Waals surface area contributed by atoms with Gasteiger partial charge in [-0.05, 0) is 35.6 Å². The van der Waals surface area contributed by atoms with E-state index in [4.69, 9.17) is 0 Å². The van der Waals surface area contributed by atoms with E-state index in [1.54, 1.807) is 31.2 Å². The van der Waals surface area contributed by atoms with E-state index in [0.29, 0.717) is 19.4 Å². The van der Waals surface area contributed by atoms with E-state index in [9.17, 15) is 13.2 Å². The highest BCUT2D eigenvalue weighted by atomic mass is 32.2. The molecule has 0 unspecified atom stereocenters. The molecule has 0 radical (unpaired) electrons. The van der Waals surface area contributed by atoms with Crippen LogP contribution in [0.25, 0.3) is 10.8 Å². The van der Waals surface area contributed by atoms with Crippen LogP contribution in [0.1, 0.15) is 18.9 Å². The first kappa shape index (κ1) is 19.1.